The topological polar surface area (TPSA) is 57.7 Å². The smallest absolute Gasteiger partial charge is 0.337 e. The molecule has 0 amide bonds. The van der Waals surface area contributed by atoms with Crippen LogP contribution in [0.25, 0.3) is 0 Å². The van der Waals surface area contributed by atoms with Crippen LogP contribution < -0.4 is 9.47 Å². The third kappa shape index (κ3) is 4.97. The molecular weight excluding hydrogens is 374 g/mol. The van der Waals surface area contributed by atoms with Crippen LogP contribution >= 0.6 is 22.9 Å². The number of halogens is 1. The normalized spacial score (nSPS) is 10.4. The fourth-order valence-corrected chi connectivity index (χ4v) is 2.94. The lowest BCUT2D eigenvalue weighted by molar-refractivity contribution is 0.0600. The SMILES string of the molecule is COC(=O)c1ccc(OCc2csc(COc3ccc(Cl)cc3)n2)cc1. The van der Waals surface area contributed by atoms with E-state index >= 15 is 0 Å². The first-order valence-corrected chi connectivity index (χ1v) is 9.02. The average Bonchev–Trinajstić information content (AvgIpc) is 3.13. The third-order valence-electron chi connectivity index (χ3n) is 3.44. The zero-order chi connectivity index (χ0) is 18.4. The predicted molar refractivity (Wildman–Crippen MR) is 100 cm³/mol. The predicted octanol–water partition coefficient (Wildman–Crippen LogP) is 4.74. The van der Waals surface area contributed by atoms with Crippen LogP contribution in [0.5, 0.6) is 11.5 Å². The number of aromatic nitrogens is 1. The summed E-state index contributed by atoms with van der Waals surface area (Å²) in [5.41, 5.74) is 1.30. The Hall–Kier alpha value is -2.57. The highest BCUT2D eigenvalue weighted by atomic mass is 35.5. The second-order valence-corrected chi connectivity index (χ2v) is 6.66. The number of methoxy groups -OCH3 is 1. The van der Waals surface area contributed by atoms with Gasteiger partial charge in [-0.25, -0.2) is 9.78 Å². The monoisotopic (exact) mass is 389 g/mol. The number of esters is 1. The molecule has 7 heteroatoms. The summed E-state index contributed by atoms with van der Waals surface area (Å²) in [7, 11) is 1.35. The molecular formula is C19H16ClNO4S. The highest BCUT2D eigenvalue weighted by Crippen LogP contribution is 2.19. The maximum Gasteiger partial charge on any atom is 0.337 e. The quantitative estimate of drug-likeness (QED) is 0.546. The second kappa shape index (κ2) is 8.69. The minimum absolute atomic E-state index is 0.342. The number of nitrogens with zero attached hydrogens (tertiary/aromatic N) is 1. The zero-order valence-corrected chi connectivity index (χ0v) is 15.5. The van der Waals surface area contributed by atoms with Crippen molar-refractivity contribution in [2.24, 2.45) is 0 Å². The van der Waals surface area contributed by atoms with Gasteiger partial charge in [0.15, 0.2) is 0 Å². The Morgan fingerprint density at radius 1 is 1.00 bits per heavy atom. The summed E-state index contributed by atoms with van der Waals surface area (Å²) < 4.78 is 16.0. The molecule has 134 valence electrons. The van der Waals surface area contributed by atoms with Crippen molar-refractivity contribution >= 4 is 28.9 Å². The van der Waals surface area contributed by atoms with Crippen LogP contribution in [0.2, 0.25) is 5.02 Å². The Kier molecular flexibility index (Phi) is 6.09. The van der Waals surface area contributed by atoms with Crippen molar-refractivity contribution in [2.45, 2.75) is 13.2 Å². The van der Waals surface area contributed by atoms with Gasteiger partial charge in [0.1, 0.15) is 29.7 Å². The molecule has 0 bridgehead atoms. The summed E-state index contributed by atoms with van der Waals surface area (Å²) in [6, 6.07) is 14.0. The van der Waals surface area contributed by atoms with Crippen molar-refractivity contribution < 1.29 is 19.0 Å². The summed E-state index contributed by atoms with van der Waals surface area (Å²) in [5, 5.41) is 3.47. The van der Waals surface area contributed by atoms with Crippen LogP contribution in [-0.4, -0.2) is 18.1 Å². The molecule has 26 heavy (non-hydrogen) atoms. The molecule has 0 fully saturated rings. The van der Waals surface area contributed by atoms with Crippen molar-refractivity contribution in [3.8, 4) is 11.5 Å². The molecule has 0 saturated carbocycles. The maximum atomic E-state index is 11.4. The van der Waals surface area contributed by atoms with Crippen molar-refractivity contribution in [1.29, 1.82) is 0 Å². The van der Waals surface area contributed by atoms with Crippen LogP contribution in [0.3, 0.4) is 0 Å². The van der Waals surface area contributed by atoms with E-state index in [2.05, 4.69) is 9.72 Å². The van der Waals surface area contributed by atoms with E-state index in [4.69, 9.17) is 21.1 Å². The Morgan fingerprint density at radius 2 is 1.62 bits per heavy atom. The largest absolute Gasteiger partial charge is 0.487 e. The van der Waals surface area contributed by atoms with E-state index in [1.54, 1.807) is 36.4 Å². The molecule has 0 aliphatic carbocycles. The number of thiazole rings is 1. The summed E-state index contributed by atoms with van der Waals surface area (Å²) in [6.45, 7) is 0.731. The van der Waals surface area contributed by atoms with E-state index in [9.17, 15) is 4.79 Å². The molecule has 0 unspecified atom stereocenters. The van der Waals surface area contributed by atoms with E-state index in [0.717, 1.165) is 16.5 Å². The average molecular weight is 390 g/mol. The highest BCUT2D eigenvalue weighted by Gasteiger charge is 2.07. The molecule has 0 aliphatic heterocycles. The summed E-state index contributed by atoms with van der Waals surface area (Å²) >= 11 is 7.36. The molecule has 1 aromatic heterocycles. The highest BCUT2D eigenvalue weighted by molar-refractivity contribution is 7.09. The Balaban J connectivity index is 1.50. The minimum atomic E-state index is -0.374. The lowest BCUT2D eigenvalue weighted by atomic mass is 10.2. The van der Waals surface area contributed by atoms with Gasteiger partial charge in [0, 0.05) is 10.4 Å². The number of rotatable bonds is 7. The molecule has 2 aromatic carbocycles. The second-order valence-electron chi connectivity index (χ2n) is 5.28. The van der Waals surface area contributed by atoms with Gasteiger partial charge in [0.2, 0.25) is 0 Å². The van der Waals surface area contributed by atoms with E-state index in [1.807, 2.05) is 17.5 Å². The van der Waals surface area contributed by atoms with Crippen LogP contribution in [0, 0.1) is 0 Å². The lowest BCUT2D eigenvalue weighted by Crippen LogP contribution is -2.01. The first-order chi connectivity index (χ1) is 12.6. The number of ether oxygens (including phenoxy) is 3. The third-order valence-corrected chi connectivity index (χ3v) is 4.56. The Morgan fingerprint density at radius 3 is 2.27 bits per heavy atom. The number of carbonyl (C=O) groups excluding carboxylic acids is 1. The number of carbonyl (C=O) groups is 1. The molecule has 0 aliphatic rings. The molecule has 3 aromatic rings. The first-order valence-electron chi connectivity index (χ1n) is 7.77. The van der Waals surface area contributed by atoms with Gasteiger partial charge in [0.05, 0.1) is 18.4 Å². The first kappa shape index (κ1) is 18.2. The molecule has 0 atom stereocenters. The Labute approximate surface area is 160 Å². The van der Waals surface area contributed by atoms with Crippen LogP contribution in [0.1, 0.15) is 21.1 Å². The lowest BCUT2D eigenvalue weighted by Gasteiger charge is -2.05. The molecule has 0 saturated heterocycles. The number of hydrogen-bond acceptors (Lipinski definition) is 6. The van der Waals surface area contributed by atoms with Gasteiger partial charge < -0.3 is 14.2 Å². The molecule has 0 spiro atoms. The van der Waals surface area contributed by atoms with Gasteiger partial charge >= 0.3 is 5.97 Å². The number of hydrogen-bond donors (Lipinski definition) is 0. The van der Waals surface area contributed by atoms with Crippen LogP contribution in [0.15, 0.2) is 53.9 Å². The molecule has 3 rings (SSSR count). The summed E-state index contributed by atoms with van der Waals surface area (Å²) in [4.78, 5) is 15.9. The molecule has 0 radical (unpaired) electrons. The Bertz CT molecular complexity index is 862. The molecule has 1 heterocycles. The van der Waals surface area contributed by atoms with Gasteiger partial charge in [-0.2, -0.15) is 0 Å². The maximum absolute atomic E-state index is 11.4. The van der Waals surface area contributed by atoms with Gasteiger partial charge in [-0.15, -0.1) is 11.3 Å². The fraction of sp³-hybridized carbons (Fsp3) is 0.158. The van der Waals surface area contributed by atoms with Gasteiger partial charge in [-0.3, -0.25) is 0 Å². The molecule has 5 nitrogen and oxygen atoms in total. The zero-order valence-electron chi connectivity index (χ0n) is 14.0. The van der Waals surface area contributed by atoms with Gasteiger partial charge in [0.25, 0.3) is 0 Å². The van der Waals surface area contributed by atoms with Crippen molar-refractivity contribution in [3.05, 3.63) is 75.2 Å². The summed E-state index contributed by atoms with van der Waals surface area (Å²) in [5.74, 6) is 1.03. The van der Waals surface area contributed by atoms with E-state index in [-0.39, 0.29) is 5.97 Å². The standard InChI is InChI=1S/C19H16ClNO4S/c1-23-19(22)13-2-6-16(7-3-13)24-10-15-12-26-18(21-15)11-25-17-8-4-14(20)5-9-17/h2-9,12H,10-11H2,1H3. The minimum Gasteiger partial charge on any atom is -0.487 e. The van der Waals surface area contributed by atoms with Crippen molar-refractivity contribution in [3.63, 3.8) is 0 Å². The van der Waals surface area contributed by atoms with Gasteiger partial charge in [-0.05, 0) is 48.5 Å². The van der Waals surface area contributed by atoms with Crippen molar-refractivity contribution in [2.75, 3.05) is 7.11 Å². The van der Waals surface area contributed by atoms with Gasteiger partial charge in [-0.1, -0.05) is 11.6 Å². The number of benzene rings is 2. The van der Waals surface area contributed by atoms with E-state index < -0.39 is 0 Å². The van der Waals surface area contributed by atoms with Crippen LogP contribution in [-0.2, 0) is 18.0 Å². The summed E-state index contributed by atoms with van der Waals surface area (Å²) in [6.07, 6.45) is 0. The van der Waals surface area contributed by atoms with E-state index in [0.29, 0.717) is 29.5 Å². The van der Waals surface area contributed by atoms with Crippen molar-refractivity contribution in [1.82, 2.24) is 4.98 Å². The van der Waals surface area contributed by atoms with Crippen LogP contribution in [0.4, 0.5) is 0 Å². The fourth-order valence-electron chi connectivity index (χ4n) is 2.12. The molecule has 0 N–H and O–H groups in total. The van der Waals surface area contributed by atoms with E-state index in [1.165, 1.54) is 18.4 Å².